The van der Waals surface area contributed by atoms with Crippen LogP contribution in [0.4, 0.5) is 18.9 Å². The summed E-state index contributed by atoms with van der Waals surface area (Å²) in [6, 6.07) is 5.28. The Hall–Kier alpha value is -2.09. The summed E-state index contributed by atoms with van der Waals surface area (Å²) in [5, 5.41) is 3.78. The van der Waals surface area contributed by atoms with E-state index in [0.717, 1.165) is 19.6 Å². The molecule has 0 aliphatic heterocycles. The van der Waals surface area contributed by atoms with Gasteiger partial charge in [-0.2, -0.15) is 18.2 Å². The molecule has 2 N–H and O–H groups in total. The summed E-state index contributed by atoms with van der Waals surface area (Å²) >= 11 is 0. The molecule has 0 aliphatic rings. The van der Waals surface area contributed by atoms with Crippen molar-refractivity contribution >= 4 is 5.69 Å². The second-order valence-electron chi connectivity index (χ2n) is 5.52. The number of anilines is 1. The van der Waals surface area contributed by atoms with Crippen molar-refractivity contribution in [3.63, 3.8) is 0 Å². The molecule has 0 spiro atoms. The molecule has 1 aromatic heterocycles. The second-order valence-corrected chi connectivity index (χ2v) is 5.52. The summed E-state index contributed by atoms with van der Waals surface area (Å²) in [6.45, 7) is 2.86. The quantitative estimate of drug-likeness (QED) is 0.850. The molecule has 1 atom stereocenters. The van der Waals surface area contributed by atoms with Crippen LogP contribution >= 0.6 is 0 Å². The number of halogens is 3. The Balaban J connectivity index is 2.12. The molecule has 0 aliphatic carbocycles. The number of benzene rings is 1. The maximum atomic E-state index is 13.0. The molecule has 1 aromatic carbocycles. The third-order valence-corrected chi connectivity index (χ3v) is 3.87. The molecule has 8 heteroatoms. The Bertz CT molecular complexity index is 685. The van der Waals surface area contributed by atoms with Gasteiger partial charge in [0.25, 0.3) is 0 Å². The fraction of sp³-hybridized carbons (Fsp3) is 0.467. The molecule has 1 unspecified atom stereocenters. The van der Waals surface area contributed by atoms with Gasteiger partial charge in [-0.25, -0.2) is 0 Å². The molecule has 126 valence electrons. The maximum absolute atomic E-state index is 13.0. The van der Waals surface area contributed by atoms with Crippen LogP contribution in [0.3, 0.4) is 0 Å². The van der Waals surface area contributed by atoms with Gasteiger partial charge in [0.1, 0.15) is 0 Å². The molecule has 0 saturated carbocycles. The number of aromatic nitrogens is 2. The molecule has 5 nitrogen and oxygen atoms in total. The van der Waals surface area contributed by atoms with Crippen LogP contribution in [0.15, 0.2) is 22.7 Å². The van der Waals surface area contributed by atoms with E-state index < -0.39 is 11.8 Å². The summed E-state index contributed by atoms with van der Waals surface area (Å²) in [6.07, 6.45) is -4.83. The van der Waals surface area contributed by atoms with Gasteiger partial charge in [-0.3, -0.25) is 0 Å². The minimum absolute atomic E-state index is 0.0435. The van der Waals surface area contributed by atoms with E-state index in [1.54, 1.807) is 12.1 Å². The summed E-state index contributed by atoms with van der Waals surface area (Å²) in [5.74, 6) is 0.407. The highest BCUT2D eigenvalue weighted by atomic mass is 19.4. The number of ether oxygens (including phenoxy) is 1. The smallest absolute Gasteiger partial charge is 0.398 e. The molecular formula is C15H18F3N3O2. The van der Waals surface area contributed by atoms with Crippen molar-refractivity contribution in [2.24, 2.45) is 0 Å². The van der Waals surface area contributed by atoms with Crippen LogP contribution in [-0.4, -0.2) is 29.0 Å². The van der Waals surface area contributed by atoms with Gasteiger partial charge in [-0.05, 0) is 31.9 Å². The molecule has 0 fully saturated rings. The lowest BCUT2D eigenvalue weighted by atomic mass is 9.99. The van der Waals surface area contributed by atoms with E-state index in [1.807, 2.05) is 13.0 Å². The van der Waals surface area contributed by atoms with Gasteiger partial charge in [0.05, 0.1) is 0 Å². The average molecular weight is 329 g/mol. The maximum Gasteiger partial charge on any atom is 0.417 e. The van der Waals surface area contributed by atoms with E-state index in [2.05, 4.69) is 14.9 Å². The van der Waals surface area contributed by atoms with E-state index >= 15 is 0 Å². The minimum Gasteiger partial charge on any atom is -0.398 e. The zero-order chi connectivity index (χ0) is 17.3. The highest BCUT2D eigenvalue weighted by Gasteiger charge is 2.51. The summed E-state index contributed by atoms with van der Waals surface area (Å²) in [7, 11) is 1.03. The van der Waals surface area contributed by atoms with E-state index in [1.165, 1.54) is 0 Å². The Morgan fingerprint density at radius 2 is 2.00 bits per heavy atom. The first kappa shape index (κ1) is 17.3. The highest BCUT2D eigenvalue weighted by molar-refractivity contribution is 5.63. The van der Waals surface area contributed by atoms with Crippen molar-refractivity contribution in [3.8, 4) is 11.4 Å². The summed E-state index contributed by atoms with van der Waals surface area (Å²) in [5.41, 5.74) is 5.71. The Kier molecular flexibility index (Phi) is 4.65. The monoisotopic (exact) mass is 329 g/mol. The predicted octanol–water partition coefficient (Wildman–Crippen LogP) is 3.53. The van der Waals surface area contributed by atoms with Gasteiger partial charge >= 0.3 is 6.18 Å². The van der Waals surface area contributed by atoms with Crippen LogP contribution in [0, 0.1) is 6.92 Å². The van der Waals surface area contributed by atoms with Crippen LogP contribution in [0.2, 0.25) is 0 Å². The van der Waals surface area contributed by atoms with Crippen LogP contribution in [0.25, 0.3) is 11.4 Å². The fourth-order valence-corrected chi connectivity index (χ4v) is 1.96. The molecule has 0 amide bonds. The first-order chi connectivity index (χ1) is 10.7. The van der Waals surface area contributed by atoms with Crippen LogP contribution < -0.4 is 5.73 Å². The van der Waals surface area contributed by atoms with Crippen LogP contribution in [-0.2, 0) is 11.2 Å². The van der Waals surface area contributed by atoms with Crippen molar-refractivity contribution in [2.45, 2.75) is 38.5 Å². The number of methoxy groups -OCH3 is 1. The third-order valence-electron chi connectivity index (χ3n) is 3.87. The van der Waals surface area contributed by atoms with E-state index in [0.29, 0.717) is 11.3 Å². The Labute approximate surface area is 131 Å². The number of nitrogen functional groups attached to an aromatic ring is 1. The number of rotatable bonds is 5. The number of nitrogens with two attached hydrogens (primary N) is 1. The van der Waals surface area contributed by atoms with Gasteiger partial charge in [0, 0.05) is 24.8 Å². The van der Waals surface area contributed by atoms with Gasteiger partial charge < -0.3 is 15.0 Å². The van der Waals surface area contributed by atoms with Crippen LogP contribution in [0.5, 0.6) is 0 Å². The summed E-state index contributed by atoms with van der Waals surface area (Å²) < 4.78 is 48.5. The molecular weight excluding hydrogens is 311 g/mol. The normalized spacial score (nSPS) is 14.7. The lowest BCUT2D eigenvalue weighted by Gasteiger charge is -2.29. The zero-order valence-corrected chi connectivity index (χ0v) is 13.1. The molecule has 0 bridgehead atoms. The topological polar surface area (TPSA) is 74.2 Å². The molecule has 23 heavy (non-hydrogen) atoms. The minimum atomic E-state index is -4.48. The summed E-state index contributed by atoms with van der Waals surface area (Å²) in [4.78, 5) is 4.11. The lowest BCUT2D eigenvalue weighted by molar-refractivity contribution is -0.264. The van der Waals surface area contributed by atoms with Gasteiger partial charge in [0.2, 0.25) is 11.7 Å². The standard InChI is InChI=1S/C15H18F3N3O2/c1-9-4-5-10(8-11(9)19)13-20-12(23-21-13)6-7-14(2,22-3)15(16,17)18/h4-5,8H,6-7,19H2,1-3H3. The molecule has 2 rings (SSSR count). The number of hydrogen-bond donors (Lipinski definition) is 1. The molecule has 0 radical (unpaired) electrons. The van der Waals surface area contributed by atoms with E-state index in [4.69, 9.17) is 10.3 Å². The van der Waals surface area contributed by atoms with Gasteiger partial charge in [-0.15, -0.1) is 0 Å². The van der Waals surface area contributed by atoms with E-state index in [-0.39, 0.29) is 24.6 Å². The zero-order valence-electron chi connectivity index (χ0n) is 13.1. The number of alkyl halides is 3. The van der Waals surface area contributed by atoms with E-state index in [9.17, 15) is 13.2 Å². The Morgan fingerprint density at radius 3 is 2.57 bits per heavy atom. The molecule has 0 saturated heterocycles. The fourth-order valence-electron chi connectivity index (χ4n) is 1.96. The van der Waals surface area contributed by atoms with Crippen molar-refractivity contribution in [1.29, 1.82) is 0 Å². The number of nitrogens with zero attached hydrogens (tertiary/aromatic N) is 2. The van der Waals surface area contributed by atoms with Crippen molar-refractivity contribution in [2.75, 3.05) is 12.8 Å². The predicted molar refractivity (Wildman–Crippen MR) is 78.7 cm³/mol. The van der Waals surface area contributed by atoms with Crippen molar-refractivity contribution in [1.82, 2.24) is 10.1 Å². The Morgan fingerprint density at radius 1 is 1.30 bits per heavy atom. The SMILES string of the molecule is COC(C)(CCc1nc(-c2ccc(C)c(N)c2)no1)C(F)(F)F. The van der Waals surface area contributed by atoms with Crippen molar-refractivity contribution in [3.05, 3.63) is 29.7 Å². The van der Waals surface area contributed by atoms with Crippen molar-refractivity contribution < 1.29 is 22.4 Å². The number of aryl methyl sites for hydroxylation is 2. The highest BCUT2D eigenvalue weighted by Crippen LogP contribution is 2.36. The second kappa shape index (κ2) is 6.19. The third kappa shape index (κ3) is 3.64. The van der Waals surface area contributed by atoms with Crippen LogP contribution in [0.1, 0.15) is 24.8 Å². The first-order valence-corrected chi connectivity index (χ1v) is 6.97. The van der Waals surface area contributed by atoms with Gasteiger partial charge in [-0.1, -0.05) is 17.3 Å². The van der Waals surface area contributed by atoms with Gasteiger partial charge in [0.15, 0.2) is 5.60 Å². The molecule has 2 aromatic rings. The number of hydrogen-bond acceptors (Lipinski definition) is 5. The average Bonchev–Trinajstić information content (AvgIpc) is 2.95. The lowest BCUT2D eigenvalue weighted by Crippen LogP contribution is -2.44. The first-order valence-electron chi connectivity index (χ1n) is 6.97. The largest absolute Gasteiger partial charge is 0.417 e. The molecule has 1 heterocycles.